The first-order chi connectivity index (χ1) is 9.42. The van der Waals surface area contributed by atoms with E-state index in [1.54, 1.807) is 36.2 Å². The first-order valence-electron chi connectivity index (χ1n) is 6.85. The predicted molar refractivity (Wildman–Crippen MR) is 82.1 cm³/mol. The van der Waals surface area contributed by atoms with Crippen LogP contribution < -0.4 is 10.5 Å². The van der Waals surface area contributed by atoms with Crippen molar-refractivity contribution in [3.63, 3.8) is 0 Å². The van der Waals surface area contributed by atoms with Gasteiger partial charge in [-0.2, -0.15) is 0 Å². The van der Waals surface area contributed by atoms with E-state index in [2.05, 4.69) is 0 Å². The van der Waals surface area contributed by atoms with E-state index < -0.39 is 5.54 Å². The molecule has 0 radical (unpaired) electrons. The molecule has 0 heterocycles. The predicted octanol–water partition coefficient (Wildman–Crippen LogP) is 2.69. The fourth-order valence-corrected chi connectivity index (χ4v) is 1.99. The molecule has 4 nitrogen and oxygen atoms in total. The lowest BCUT2D eigenvalue weighted by molar-refractivity contribution is -0.136. The molecule has 0 fully saturated rings. The van der Waals surface area contributed by atoms with Gasteiger partial charge in [0.15, 0.2) is 0 Å². The molecule has 1 rings (SSSR count). The van der Waals surface area contributed by atoms with Crippen molar-refractivity contribution in [2.45, 2.75) is 32.2 Å². The first-order valence-corrected chi connectivity index (χ1v) is 7.23. The lowest BCUT2D eigenvalue weighted by Crippen LogP contribution is -2.54. The standard InChI is InChI=1S/C15H23ClN2O2/c1-4-15(17,5-2)14(19)18(3)10-11-20-13-8-6-12(16)7-9-13/h6-9H,4-5,10-11,17H2,1-3H3. The minimum absolute atomic E-state index is 0.0396. The molecule has 2 N–H and O–H groups in total. The zero-order valence-electron chi connectivity index (χ0n) is 12.4. The second kappa shape index (κ2) is 7.50. The third-order valence-electron chi connectivity index (χ3n) is 3.54. The monoisotopic (exact) mass is 298 g/mol. The Bertz CT molecular complexity index is 430. The van der Waals surface area contributed by atoms with Crippen molar-refractivity contribution >= 4 is 17.5 Å². The summed E-state index contributed by atoms with van der Waals surface area (Å²) in [7, 11) is 1.75. The van der Waals surface area contributed by atoms with Crippen LogP contribution in [0.1, 0.15) is 26.7 Å². The van der Waals surface area contributed by atoms with Crippen LogP contribution in [0, 0.1) is 0 Å². The summed E-state index contributed by atoms with van der Waals surface area (Å²) in [5.74, 6) is 0.697. The van der Waals surface area contributed by atoms with Gasteiger partial charge in [0, 0.05) is 12.1 Å². The lowest BCUT2D eigenvalue weighted by atomic mass is 9.92. The van der Waals surface area contributed by atoms with Crippen molar-refractivity contribution in [3.05, 3.63) is 29.3 Å². The number of likely N-dealkylation sites (N-methyl/N-ethyl adjacent to an activating group) is 1. The number of nitrogens with two attached hydrogens (primary N) is 1. The van der Waals surface area contributed by atoms with Crippen LogP contribution in [-0.2, 0) is 4.79 Å². The van der Waals surface area contributed by atoms with E-state index in [1.807, 2.05) is 13.8 Å². The van der Waals surface area contributed by atoms with Gasteiger partial charge in [0.2, 0.25) is 5.91 Å². The number of ether oxygens (including phenoxy) is 1. The molecule has 0 bridgehead atoms. The molecule has 0 aliphatic rings. The summed E-state index contributed by atoms with van der Waals surface area (Å²) in [6, 6.07) is 7.14. The van der Waals surface area contributed by atoms with Gasteiger partial charge in [-0.25, -0.2) is 0 Å². The van der Waals surface area contributed by atoms with Gasteiger partial charge in [0.1, 0.15) is 12.4 Å². The molecule has 0 aliphatic heterocycles. The van der Waals surface area contributed by atoms with E-state index in [-0.39, 0.29) is 5.91 Å². The van der Waals surface area contributed by atoms with Crippen LogP contribution >= 0.6 is 11.6 Å². The highest BCUT2D eigenvalue weighted by molar-refractivity contribution is 6.30. The van der Waals surface area contributed by atoms with Gasteiger partial charge in [-0.15, -0.1) is 0 Å². The van der Waals surface area contributed by atoms with E-state index in [4.69, 9.17) is 22.1 Å². The normalized spacial score (nSPS) is 11.2. The third kappa shape index (κ3) is 4.39. The minimum Gasteiger partial charge on any atom is -0.492 e. The van der Waals surface area contributed by atoms with Crippen LogP contribution in [0.4, 0.5) is 0 Å². The maximum atomic E-state index is 12.2. The summed E-state index contributed by atoms with van der Waals surface area (Å²) in [5.41, 5.74) is 5.32. The van der Waals surface area contributed by atoms with Crippen molar-refractivity contribution in [3.8, 4) is 5.75 Å². The molecule has 1 aromatic rings. The second-order valence-corrected chi connectivity index (χ2v) is 5.33. The summed E-state index contributed by atoms with van der Waals surface area (Å²) < 4.78 is 5.57. The van der Waals surface area contributed by atoms with Gasteiger partial charge in [-0.3, -0.25) is 4.79 Å². The number of nitrogens with zero attached hydrogens (tertiary/aromatic N) is 1. The van der Waals surface area contributed by atoms with Gasteiger partial charge < -0.3 is 15.4 Å². The van der Waals surface area contributed by atoms with Crippen molar-refractivity contribution < 1.29 is 9.53 Å². The number of carbonyl (C=O) groups excluding carboxylic acids is 1. The Morgan fingerprint density at radius 3 is 2.35 bits per heavy atom. The highest BCUT2D eigenvalue weighted by atomic mass is 35.5. The van der Waals surface area contributed by atoms with Gasteiger partial charge in [0.05, 0.1) is 12.1 Å². The Labute approximate surface area is 125 Å². The molecule has 0 saturated carbocycles. The third-order valence-corrected chi connectivity index (χ3v) is 3.80. The first kappa shape index (κ1) is 16.8. The SMILES string of the molecule is CCC(N)(CC)C(=O)N(C)CCOc1ccc(Cl)cc1. The molecule has 1 aromatic carbocycles. The number of rotatable bonds is 7. The van der Waals surface area contributed by atoms with Crippen LogP contribution in [-0.4, -0.2) is 36.5 Å². The van der Waals surface area contributed by atoms with E-state index in [9.17, 15) is 4.79 Å². The summed E-state index contributed by atoms with van der Waals surface area (Å²) in [5, 5.41) is 0.670. The quantitative estimate of drug-likeness (QED) is 0.842. The summed E-state index contributed by atoms with van der Waals surface area (Å²) in [6.07, 6.45) is 1.26. The average Bonchev–Trinajstić information content (AvgIpc) is 2.47. The summed E-state index contributed by atoms with van der Waals surface area (Å²) >= 11 is 5.80. The average molecular weight is 299 g/mol. The van der Waals surface area contributed by atoms with E-state index in [0.717, 1.165) is 5.75 Å². The Morgan fingerprint density at radius 1 is 1.30 bits per heavy atom. The number of hydrogen-bond acceptors (Lipinski definition) is 3. The summed E-state index contributed by atoms with van der Waals surface area (Å²) in [6.45, 7) is 4.78. The molecule has 5 heteroatoms. The highest BCUT2D eigenvalue weighted by Crippen LogP contribution is 2.16. The van der Waals surface area contributed by atoms with Crippen molar-refractivity contribution in [2.24, 2.45) is 5.73 Å². The molecular weight excluding hydrogens is 276 g/mol. The smallest absolute Gasteiger partial charge is 0.242 e. The highest BCUT2D eigenvalue weighted by Gasteiger charge is 2.32. The molecule has 0 saturated heterocycles. The van der Waals surface area contributed by atoms with Crippen LogP contribution in [0.3, 0.4) is 0 Å². The Hall–Kier alpha value is -1.26. The van der Waals surface area contributed by atoms with E-state index in [1.165, 1.54) is 0 Å². The van der Waals surface area contributed by atoms with Crippen LogP contribution in [0.2, 0.25) is 5.02 Å². The molecule has 0 spiro atoms. The number of carbonyl (C=O) groups is 1. The maximum absolute atomic E-state index is 12.2. The van der Waals surface area contributed by atoms with Crippen LogP contribution in [0.25, 0.3) is 0 Å². The Kier molecular flexibility index (Phi) is 6.30. The van der Waals surface area contributed by atoms with Crippen molar-refractivity contribution in [1.82, 2.24) is 4.90 Å². The lowest BCUT2D eigenvalue weighted by Gasteiger charge is -2.30. The molecule has 112 valence electrons. The maximum Gasteiger partial charge on any atom is 0.242 e. The molecule has 0 unspecified atom stereocenters. The van der Waals surface area contributed by atoms with Crippen LogP contribution in [0.15, 0.2) is 24.3 Å². The van der Waals surface area contributed by atoms with Crippen LogP contribution in [0.5, 0.6) is 5.75 Å². The zero-order valence-corrected chi connectivity index (χ0v) is 13.1. The molecule has 20 heavy (non-hydrogen) atoms. The topological polar surface area (TPSA) is 55.6 Å². The molecule has 0 aromatic heterocycles. The van der Waals surface area contributed by atoms with Gasteiger partial charge in [0.25, 0.3) is 0 Å². The Morgan fingerprint density at radius 2 is 1.85 bits per heavy atom. The summed E-state index contributed by atoms with van der Waals surface area (Å²) in [4.78, 5) is 13.9. The molecule has 0 atom stereocenters. The number of benzene rings is 1. The van der Waals surface area contributed by atoms with E-state index in [0.29, 0.717) is 31.0 Å². The van der Waals surface area contributed by atoms with Crippen molar-refractivity contribution in [2.75, 3.05) is 20.2 Å². The van der Waals surface area contributed by atoms with E-state index >= 15 is 0 Å². The molecule has 0 aliphatic carbocycles. The van der Waals surface area contributed by atoms with Gasteiger partial charge in [-0.05, 0) is 37.1 Å². The number of hydrogen-bond donors (Lipinski definition) is 1. The van der Waals surface area contributed by atoms with Crippen molar-refractivity contribution in [1.29, 1.82) is 0 Å². The second-order valence-electron chi connectivity index (χ2n) is 4.89. The van der Waals surface area contributed by atoms with Gasteiger partial charge >= 0.3 is 0 Å². The number of amides is 1. The zero-order chi connectivity index (χ0) is 15.2. The molecule has 1 amide bonds. The fraction of sp³-hybridized carbons (Fsp3) is 0.533. The Balaban J connectivity index is 2.45. The minimum atomic E-state index is -0.769. The largest absolute Gasteiger partial charge is 0.492 e. The molecular formula is C15H23ClN2O2. The fourth-order valence-electron chi connectivity index (χ4n) is 1.87. The number of halogens is 1. The van der Waals surface area contributed by atoms with Gasteiger partial charge in [-0.1, -0.05) is 25.4 Å².